The SMILES string of the molecule is C/C(C(=O)N1CCOCC1)=C(\C)c1ccccc1. The van der Waals surface area contributed by atoms with Crippen LogP contribution in [0.1, 0.15) is 19.4 Å². The molecule has 1 aromatic rings. The molecule has 2 rings (SSSR count). The summed E-state index contributed by atoms with van der Waals surface area (Å²) in [6.07, 6.45) is 0. The molecule has 1 aromatic carbocycles. The summed E-state index contributed by atoms with van der Waals surface area (Å²) in [6, 6.07) is 10.0. The van der Waals surface area contributed by atoms with E-state index < -0.39 is 0 Å². The number of allylic oxidation sites excluding steroid dienone is 1. The van der Waals surface area contributed by atoms with Gasteiger partial charge in [0.2, 0.25) is 5.91 Å². The number of carbonyl (C=O) groups excluding carboxylic acids is 1. The van der Waals surface area contributed by atoms with Crippen LogP contribution in [0.3, 0.4) is 0 Å². The van der Waals surface area contributed by atoms with Crippen LogP contribution in [0.2, 0.25) is 0 Å². The molecule has 1 amide bonds. The minimum absolute atomic E-state index is 0.125. The predicted molar refractivity (Wildman–Crippen MR) is 72.1 cm³/mol. The zero-order valence-corrected chi connectivity index (χ0v) is 11.0. The van der Waals surface area contributed by atoms with Gasteiger partial charge in [-0.3, -0.25) is 4.79 Å². The molecule has 0 N–H and O–H groups in total. The summed E-state index contributed by atoms with van der Waals surface area (Å²) >= 11 is 0. The molecule has 0 aromatic heterocycles. The van der Waals surface area contributed by atoms with Crippen LogP contribution < -0.4 is 0 Å². The van der Waals surface area contributed by atoms with Crippen LogP contribution in [0, 0.1) is 0 Å². The smallest absolute Gasteiger partial charge is 0.249 e. The van der Waals surface area contributed by atoms with E-state index in [1.807, 2.05) is 49.1 Å². The Kier molecular flexibility index (Phi) is 4.15. The van der Waals surface area contributed by atoms with Crippen molar-refractivity contribution in [2.24, 2.45) is 0 Å². The van der Waals surface area contributed by atoms with Gasteiger partial charge < -0.3 is 9.64 Å². The van der Waals surface area contributed by atoms with Crippen LogP contribution >= 0.6 is 0 Å². The van der Waals surface area contributed by atoms with Gasteiger partial charge in [-0.2, -0.15) is 0 Å². The van der Waals surface area contributed by atoms with Gasteiger partial charge in [0.25, 0.3) is 0 Å². The van der Waals surface area contributed by atoms with Crippen LogP contribution in [-0.2, 0) is 9.53 Å². The van der Waals surface area contributed by atoms with Gasteiger partial charge in [0.05, 0.1) is 13.2 Å². The number of rotatable bonds is 2. The number of hydrogen-bond acceptors (Lipinski definition) is 2. The molecule has 18 heavy (non-hydrogen) atoms. The van der Waals surface area contributed by atoms with E-state index in [4.69, 9.17) is 4.74 Å². The van der Waals surface area contributed by atoms with E-state index in [0.717, 1.165) is 16.7 Å². The lowest BCUT2D eigenvalue weighted by molar-refractivity contribution is -0.131. The first-order chi connectivity index (χ1) is 8.70. The largest absolute Gasteiger partial charge is 0.378 e. The minimum atomic E-state index is 0.125. The second-order valence-electron chi connectivity index (χ2n) is 4.52. The Balaban J connectivity index is 2.18. The third kappa shape index (κ3) is 2.79. The maximum atomic E-state index is 12.3. The summed E-state index contributed by atoms with van der Waals surface area (Å²) in [5.74, 6) is 0.125. The molecule has 0 radical (unpaired) electrons. The topological polar surface area (TPSA) is 29.5 Å². The summed E-state index contributed by atoms with van der Waals surface area (Å²) in [5.41, 5.74) is 2.98. The van der Waals surface area contributed by atoms with Crippen molar-refractivity contribution in [2.75, 3.05) is 26.3 Å². The first kappa shape index (κ1) is 12.8. The molecule has 1 saturated heterocycles. The molecule has 3 nitrogen and oxygen atoms in total. The van der Waals surface area contributed by atoms with E-state index in [1.54, 1.807) is 0 Å². The fourth-order valence-electron chi connectivity index (χ4n) is 2.07. The lowest BCUT2D eigenvalue weighted by atomic mass is 10.0. The summed E-state index contributed by atoms with van der Waals surface area (Å²) in [7, 11) is 0. The van der Waals surface area contributed by atoms with Gasteiger partial charge in [-0.05, 0) is 25.0 Å². The third-order valence-corrected chi connectivity index (χ3v) is 3.39. The number of ether oxygens (including phenoxy) is 1. The zero-order valence-electron chi connectivity index (χ0n) is 11.0. The highest BCUT2D eigenvalue weighted by Crippen LogP contribution is 2.19. The molecular weight excluding hydrogens is 226 g/mol. The third-order valence-electron chi connectivity index (χ3n) is 3.39. The van der Waals surface area contributed by atoms with Gasteiger partial charge in [0.15, 0.2) is 0 Å². The average Bonchev–Trinajstić information content (AvgIpc) is 2.47. The maximum absolute atomic E-state index is 12.3. The van der Waals surface area contributed by atoms with Crippen LogP contribution in [0.25, 0.3) is 5.57 Å². The van der Waals surface area contributed by atoms with Gasteiger partial charge in [0.1, 0.15) is 0 Å². The van der Waals surface area contributed by atoms with Crippen molar-refractivity contribution in [1.82, 2.24) is 4.90 Å². The minimum Gasteiger partial charge on any atom is -0.378 e. The van der Waals surface area contributed by atoms with Crippen molar-refractivity contribution in [3.8, 4) is 0 Å². The second-order valence-corrected chi connectivity index (χ2v) is 4.52. The Bertz CT molecular complexity index is 445. The highest BCUT2D eigenvalue weighted by Gasteiger charge is 2.19. The van der Waals surface area contributed by atoms with E-state index in [1.165, 1.54) is 0 Å². The van der Waals surface area contributed by atoms with Crippen LogP contribution in [0.15, 0.2) is 35.9 Å². The monoisotopic (exact) mass is 245 g/mol. The molecule has 0 atom stereocenters. The first-order valence-corrected chi connectivity index (χ1v) is 6.30. The predicted octanol–water partition coefficient (Wildman–Crippen LogP) is 2.34. The molecule has 0 unspecified atom stereocenters. The quantitative estimate of drug-likeness (QED) is 0.748. The Morgan fingerprint density at radius 2 is 1.72 bits per heavy atom. The number of nitrogens with zero attached hydrogens (tertiary/aromatic N) is 1. The fraction of sp³-hybridized carbons (Fsp3) is 0.400. The molecule has 3 heteroatoms. The molecule has 0 saturated carbocycles. The molecule has 1 aliphatic rings. The Morgan fingerprint density at radius 1 is 1.11 bits per heavy atom. The number of morpholine rings is 1. The van der Waals surface area contributed by atoms with Gasteiger partial charge in [0, 0.05) is 18.7 Å². The Hall–Kier alpha value is -1.61. The van der Waals surface area contributed by atoms with Crippen molar-refractivity contribution in [3.05, 3.63) is 41.5 Å². The summed E-state index contributed by atoms with van der Waals surface area (Å²) in [4.78, 5) is 14.2. The lowest BCUT2D eigenvalue weighted by Gasteiger charge is -2.27. The Labute approximate surface area is 108 Å². The van der Waals surface area contributed by atoms with Crippen LogP contribution in [0.4, 0.5) is 0 Å². The highest BCUT2D eigenvalue weighted by molar-refractivity contribution is 6.00. The number of benzene rings is 1. The number of hydrogen-bond donors (Lipinski definition) is 0. The molecular formula is C15H19NO2. The van der Waals surface area contributed by atoms with E-state index in [2.05, 4.69) is 0 Å². The lowest BCUT2D eigenvalue weighted by Crippen LogP contribution is -2.41. The van der Waals surface area contributed by atoms with Crippen LogP contribution in [0.5, 0.6) is 0 Å². The normalized spacial score (nSPS) is 17.3. The summed E-state index contributed by atoms with van der Waals surface area (Å²) in [6.45, 7) is 6.58. The van der Waals surface area contributed by atoms with Gasteiger partial charge in [-0.15, -0.1) is 0 Å². The van der Waals surface area contributed by atoms with Crippen molar-refractivity contribution < 1.29 is 9.53 Å². The van der Waals surface area contributed by atoms with Crippen molar-refractivity contribution in [1.29, 1.82) is 0 Å². The van der Waals surface area contributed by atoms with Crippen molar-refractivity contribution in [3.63, 3.8) is 0 Å². The average molecular weight is 245 g/mol. The number of carbonyl (C=O) groups is 1. The zero-order chi connectivity index (χ0) is 13.0. The maximum Gasteiger partial charge on any atom is 0.249 e. The van der Waals surface area contributed by atoms with E-state index in [-0.39, 0.29) is 5.91 Å². The van der Waals surface area contributed by atoms with Gasteiger partial charge >= 0.3 is 0 Å². The second kappa shape index (κ2) is 5.83. The van der Waals surface area contributed by atoms with Crippen molar-refractivity contribution >= 4 is 11.5 Å². The first-order valence-electron chi connectivity index (χ1n) is 6.30. The van der Waals surface area contributed by atoms with Crippen LogP contribution in [-0.4, -0.2) is 37.1 Å². The molecule has 1 fully saturated rings. The number of amides is 1. The fourth-order valence-corrected chi connectivity index (χ4v) is 2.07. The van der Waals surface area contributed by atoms with Gasteiger partial charge in [-0.25, -0.2) is 0 Å². The summed E-state index contributed by atoms with van der Waals surface area (Å²) < 4.78 is 5.26. The molecule has 0 spiro atoms. The summed E-state index contributed by atoms with van der Waals surface area (Å²) in [5, 5.41) is 0. The molecule has 0 bridgehead atoms. The molecule has 96 valence electrons. The van der Waals surface area contributed by atoms with E-state index >= 15 is 0 Å². The molecule has 1 aliphatic heterocycles. The van der Waals surface area contributed by atoms with E-state index in [9.17, 15) is 4.79 Å². The standard InChI is InChI=1S/C15H19NO2/c1-12(14-6-4-3-5-7-14)13(2)15(17)16-8-10-18-11-9-16/h3-7H,8-11H2,1-2H3/b13-12-. The molecule has 1 heterocycles. The van der Waals surface area contributed by atoms with E-state index in [0.29, 0.717) is 26.3 Å². The highest BCUT2D eigenvalue weighted by atomic mass is 16.5. The van der Waals surface area contributed by atoms with Gasteiger partial charge in [-0.1, -0.05) is 30.3 Å². The Morgan fingerprint density at radius 3 is 2.33 bits per heavy atom. The van der Waals surface area contributed by atoms with Crippen molar-refractivity contribution in [2.45, 2.75) is 13.8 Å². The molecule has 0 aliphatic carbocycles.